The second kappa shape index (κ2) is 6.45. The minimum absolute atomic E-state index is 0.924. The zero-order chi connectivity index (χ0) is 12.8. The molecule has 94 valence electrons. The van der Waals surface area contributed by atoms with Crippen LogP contribution in [0, 0.1) is 0 Å². The maximum absolute atomic E-state index is 3.43. The van der Waals surface area contributed by atoms with Gasteiger partial charge in [-0.25, -0.2) is 0 Å². The van der Waals surface area contributed by atoms with Crippen LogP contribution in [0.25, 0.3) is 0 Å². The molecule has 0 fully saturated rings. The Morgan fingerprint density at radius 1 is 1.00 bits per heavy atom. The molecule has 2 aromatic carbocycles. The van der Waals surface area contributed by atoms with Crippen LogP contribution in [0.3, 0.4) is 0 Å². The highest BCUT2D eigenvalue weighted by molar-refractivity contribution is 9.10. The highest BCUT2D eigenvalue weighted by atomic mass is 79.9. The predicted octanol–water partition coefficient (Wildman–Crippen LogP) is 4.00. The van der Waals surface area contributed by atoms with E-state index in [1.54, 1.807) is 0 Å². The molecule has 0 amide bonds. The van der Waals surface area contributed by atoms with Gasteiger partial charge in [0.1, 0.15) is 0 Å². The van der Waals surface area contributed by atoms with Crippen LogP contribution < -0.4 is 10.2 Å². The number of para-hydroxylation sites is 1. The van der Waals surface area contributed by atoms with Gasteiger partial charge in [-0.2, -0.15) is 0 Å². The van der Waals surface area contributed by atoms with E-state index >= 15 is 0 Å². The highest BCUT2D eigenvalue weighted by Crippen LogP contribution is 2.14. The largest absolute Gasteiger partial charge is 0.383 e. The van der Waals surface area contributed by atoms with E-state index in [9.17, 15) is 0 Å². The zero-order valence-corrected chi connectivity index (χ0v) is 12.0. The first-order chi connectivity index (χ1) is 8.75. The third-order valence-corrected chi connectivity index (χ3v) is 3.35. The third kappa shape index (κ3) is 3.77. The third-order valence-electron chi connectivity index (χ3n) is 2.82. The Bertz CT molecular complexity index is 468. The Kier molecular flexibility index (Phi) is 4.65. The summed E-state index contributed by atoms with van der Waals surface area (Å²) in [6.07, 6.45) is 0. The van der Waals surface area contributed by atoms with Crippen molar-refractivity contribution in [2.75, 3.05) is 30.4 Å². The maximum atomic E-state index is 3.43. The van der Waals surface area contributed by atoms with Gasteiger partial charge in [-0.3, -0.25) is 0 Å². The van der Waals surface area contributed by atoms with Gasteiger partial charge in [0.15, 0.2) is 0 Å². The van der Waals surface area contributed by atoms with Gasteiger partial charge in [0.25, 0.3) is 0 Å². The second-order valence-corrected chi connectivity index (χ2v) is 5.11. The molecule has 0 heterocycles. The van der Waals surface area contributed by atoms with Crippen molar-refractivity contribution in [3.05, 3.63) is 59.1 Å². The number of nitrogens with zero attached hydrogens (tertiary/aromatic N) is 1. The van der Waals surface area contributed by atoms with Crippen LogP contribution in [0.5, 0.6) is 0 Å². The molecule has 2 rings (SSSR count). The van der Waals surface area contributed by atoms with Gasteiger partial charge in [0.2, 0.25) is 0 Å². The summed E-state index contributed by atoms with van der Waals surface area (Å²) in [5.74, 6) is 0. The fourth-order valence-corrected chi connectivity index (χ4v) is 2.01. The van der Waals surface area contributed by atoms with Crippen molar-refractivity contribution in [2.24, 2.45) is 0 Å². The molecular formula is C15H17BrN2. The van der Waals surface area contributed by atoms with Crippen LogP contribution in [-0.2, 0) is 0 Å². The normalized spacial score (nSPS) is 10.1. The van der Waals surface area contributed by atoms with Crippen molar-refractivity contribution >= 4 is 27.3 Å². The molecule has 0 aliphatic carbocycles. The minimum atomic E-state index is 0.924. The zero-order valence-electron chi connectivity index (χ0n) is 10.4. The molecular weight excluding hydrogens is 288 g/mol. The Labute approximate surface area is 117 Å². The smallest absolute Gasteiger partial charge is 0.0364 e. The maximum Gasteiger partial charge on any atom is 0.0364 e. The van der Waals surface area contributed by atoms with E-state index in [1.165, 1.54) is 5.69 Å². The molecule has 0 aliphatic heterocycles. The lowest BCUT2D eigenvalue weighted by Gasteiger charge is -2.19. The topological polar surface area (TPSA) is 15.3 Å². The van der Waals surface area contributed by atoms with Gasteiger partial charge < -0.3 is 10.2 Å². The van der Waals surface area contributed by atoms with Crippen molar-refractivity contribution in [1.82, 2.24) is 0 Å². The number of rotatable bonds is 5. The quantitative estimate of drug-likeness (QED) is 0.898. The lowest BCUT2D eigenvalue weighted by atomic mass is 10.3. The summed E-state index contributed by atoms with van der Waals surface area (Å²) in [6.45, 7) is 1.90. The van der Waals surface area contributed by atoms with Crippen molar-refractivity contribution in [3.63, 3.8) is 0 Å². The summed E-state index contributed by atoms with van der Waals surface area (Å²) in [5.41, 5.74) is 2.40. The first kappa shape index (κ1) is 13.0. The monoisotopic (exact) mass is 304 g/mol. The van der Waals surface area contributed by atoms with E-state index in [4.69, 9.17) is 0 Å². The SMILES string of the molecule is CN(CCNc1ccc(Br)cc1)c1ccccc1. The van der Waals surface area contributed by atoms with Crippen LogP contribution in [-0.4, -0.2) is 20.1 Å². The first-order valence-electron chi connectivity index (χ1n) is 6.01. The van der Waals surface area contributed by atoms with Gasteiger partial charge in [-0.15, -0.1) is 0 Å². The van der Waals surface area contributed by atoms with E-state index in [1.807, 2.05) is 18.2 Å². The Balaban J connectivity index is 1.80. The summed E-state index contributed by atoms with van der Waals surface area (Å²) < 4.78 is 1.11. The van der Waals surface area contributed by atoms with Gasteiger partial charge >= 0.3 is 0 Å². The number of benzene rings is 2. The van der Waals surface area contributed by atoms with Crippen LogP contribution in [0.4, 0.5) is 11.4 Å². The summed E-state index contributed by atoms with van der Waals surface area (Å²) in [7, 11) is 2.11. The molecule has 0 radical (unpaired) electrons. The van der Waals surface area contributed by atoms with Crippen molar-refractivity contribution in [3.8, 4) is 0 Å². The fraction of sp³-hybridized carbons (Fsp3) is 0.200. The number of anilines is 2. The minimum Gasteiger partial charge on any atom is -0.383 e. The molecule has 0 bridgehead atoms. The van der Waals surface area contributed by atoms with Gasteiger partial charge in [0.05, 0.1) is 0 Å². The number of hydrogen-bond donors (Lipinski definition) is 1. The molecule has 1 N–H and O–H groups in total. The number of nitrogens with one attached hydrogen (secondary N) is 1. The number of likely N-dealkylation sites (N-methyl/N-ethyl adjacent to an activating group) is 1. The van der Waals surface area contributed by atoms with E-state index in [-0.39, 0.29) is 0 Å². The molecule has 0 atom stereocenters. The standard InChI is InChI=1S/C15H17BrN2/c1-18(15-5-3-2-4-6-15)12-11-17-14-9-7-13(16)8-10-14/h2-10,17H,11-12H2,1H3. The van der Waals surface area contributed by atoms with Crippen LogP contribution in [0.2, 0.25) is 0 Å². The number of halogens is 1. The Morgan fingerprint density at radius 2 is 1.67 bits per heavy atom. The Hall–Kier alpha value is -1.48. The molecule has 0 unspecified atom stereocenters. The molecule has 18 heavy (non-hydrogen) atoms. The summed E-state index contributed by atoms with van der Waals surface area (Å²) in [4.78, 5) is 2.24. The molecule has 0 aromatic heterocycles. The molecule has 0 saturated carbocycles. The van der Waals surface area contributed by atoms with E-state index < -0.39 is 0 Å². The summed E-state index contributed by atoms with van der Waals surface area (Å²) in [5, 5.41) is 3.41. The van der Waals surface area contributed by atoms with E-state index in [2.05, 4.69) is 69.6 Å². The van der Waals surface area contributed by atoms with Crippen LogP contribution in [0.1, 0.15) is 0 Å². The summed E-state index contributed by atoms with van der Waals surface area (Å²) in [6, 6.07) is 18.7. The average Bonchev–Trinajstić information content (AvgIpc) is 2.42. The van der Waals surface area contributed by atoms with Crippen molar-refractivity contribution in [1.29, 1.82) is 0 Å². The lowest BCUT2D eigenvalue weighted by molar-refractivity contribution is 0.915. The highest BCUT2D eigenvalue weighted by Gasteiger charge is 1.99. The Morgan fingerprint density at radius 3 is 2.33 bits per heavy atom. The van der Waals surface area contributed by atoms with Crippen molar-refractivity contribution in [2.45, 2.75) is 0 Å². The van der Waals surface area contributed by atoms with Crippen LogP contribution >= 0.6 is 15.9 Å². The van der Waals surface area contributed by atoms with Crippen LogP contribution in [0.15, 0.2) is 59.1 Å². The molecule has 0 saturated heterocycles. The van der Waals surface area contributed by atoms with Gasteiger partial charge in [-0.05, 0) is 36.4 Å². The van der Waals surface area contributed by atoms with Crippen molar-refractivity contribution < 1.29 is 0 Å². The summed E-state index contributed by atoms with van der Waals surface area (Å²) >= 11 is 3.43. The number of hydrogen-bond acceptors (Lipinski definition) is 2. The fourth-order valence-electron chi connectivity index (χ4n) is 1.75. The first-order valence-corrected chi connectivity index (χ1v) is 6.80. The average molecular weight is 305 g/mol. The molecule has 0 aliphatic rings. The van der Waals surface area contributed by atoms with Gasteiger partial charge in [0, 0.05) is 36.0 Å². The predicted molar refractivity (Wildman–Crippen MR) is 82.3 cm³/mol. The molecule has 2 nitrogen and oxygen atoms in total. The van der Waals surface area contributed by atoms with Gasteiger partial charge in [-0.1, -0.05) is 34.1 Å². The molecule has 3 heteroatoms. The molecule has 0 spiro atoms. The van der Waals surface area contributed by atoms with E-state index in [0.717, 1.165) is 23.2 Å². The molecule has 2 aromatic rings. The second-order valence-electron chi connectivity index (χ2n) is 4.19. The lowest BCUT2D eigenvalue weighted by Crippen LogP contribution is -2.24. The van der Waals surface area contributed by atoms with E-state index in [0.29, 0.717) is 0 Å².